The maximum absolute atomic E-state index is 11.2. The molecule has 0 fully saturated rings. The van der Waals surface area contributed by atoms with E-state index in [1.54, 1.807) is 18.2 Å². The summed E-state index contributed by atoms with van der Waals surface area (Å²) in [5, 5.41) is 10.7. The van der Waals surface area contributed by atoms with E-state index in [1.165, 1.54) is 5.56 Å². The van der Waals surface area contributed by atoms with Crippen LogP contribution in [0.2, 0.25) is 0 Å². The number of hydrogen-bond donors (Lipinski definition) is 2. The van der Waals surface area contributed by atoms with Crippen LogP contribution in [0.5, 0.6) is 0 Å². The fourth-order valence-corrected chi connectivity index (χ4v) is 2.92. The SMILES string of the molecule is Cc1cc(C)c(C(O)c2ccc3[nH]c(=O)oc3c2)c(C)c1. The van der Waals surface area contributed by atoms with Crippen LogP contribution >= 0.6 is 0 Å². The van der Waals surface area contributed by atoms with Crippen LogP contribution in [0, 0.1) is 20.8 Å². The van der Waals surface area contributed by atoms with Crippen LogP contribution in [0.1, 0.15) is 33.9 Å². The van der Waals surface area contributed by atoms with E-state index in [-0.39, 0.29) is 0 Å². The lowest BCUT2D eigenvalue weighted by Crippen LogP contribution is -2.05. The number of rotatable bonds is 2. The number of oxazole rings is 1. The third-order valence-electron chi connectivity index (χ3n) is 3.77. The van der Waals surface area contributed by atoms with Gasteiger partial charge in [-0.05, 0) is 55.2 Å². The van der Waals surface area contributed by atoms with Gasteiger partial charge in [0, 0.05) is 0 Å². The van der Waals surface area contributed by atoms with E-state index in [0.29, 0.717) is 16.7 Å². The molecule has 0 spiro atoms. The zero-order valence-electron chi connectivity index (χ0n) is 12.2. The Morgan fingerprint density at radius 3 is 2.43 bits per heavy atom. The van der Waals surface area contributed by atoms with Crippen molar-refractivity contribution in [3.8, 4) is 0 Å². The standard InChI is InChI=1S/C17H17NO3/c1-9-6-10(2)15(11(3)7-9)16(19)12-4-5-13-14(8-12)21-17(20)18-13/h4-8,16,19H,1-3H3,(H,18,20). The predicted molar refractivity (Wildman–Crippen MR) is 81.5 cm³/mol. The Labute approximate surface area is 122 Å². The van der Waals surface area contributed by atoms with Gasteiger partial charge in [-0.25, -0.2) is 4.79 Å². The van der Waals surface area contributed by atoms with Crippen LogP contribution in [0.3, 0.4) is 0 Å². The van der Waals surface area contributed by atoms with Crippen molar-refractivity contribution in [2.45, 2.75) is 26.9 Å². The van der Waals surface area contributed by atoms with Gasteiger partial charge in [-0.1, -0.05) is 23.8 Å². The first-order valence-electron chi connectivity index (χ1n) is 6.84. The summed E-state index contributed by atoms with van der Waals surface area (Å²) in [4.78, 5) is 13.8. The van der Waals surface area contributed by atoms with Gasteiger partial charge in [0.15, 0.2) is 5.58 Å². The molecule has 1 unspecified atom stereocenters. The molecule has 1 aromatic heterocycles. The highest BCUT2D eigenvalue weighted by molar-refractivity contribution is 5.73. The summed E-state index contributed by atoms with van der Waals surface area (Å²) in [6.45, 7) is 6.03. The van der Waals surface area contributed by atoms with Crippen LogP contribution in [0.4, 0.5) is 0 Å². The molecule has 0 bridgehead atoms. The minimum atomic E-state index is -0.741. The van der Waals surface area contributed by atoms with Gasteiger partial charge in [0.2, 0.25) is 0 Å². The summed E-state index contributed by atoms with van der Waals surface area (Å²) >= 11 is 0. The summed E-state index contributed by atoms with van der Waals surface area (Å²) in [6.07, 6.45) is -0.741. The third kappa shape index (κ3) is 2.38. The fraction of sp³-hybridized carbons (Fsp3) is 0.235. The molecular formula is C17H17NO3. The van der Waals surface area contributed by atoms with Gasteiger partial charge < -0.3 is 9.52 Å². The fourth-order valence-electron chi connectivity index (χ4n) is 2.92. The average molecular weight is 283 g/mol. The molecule has 0 radical (unpaired) electrons. The van der Waals surface area contributed by atoms with Gasteiger partial charge in [-0.15, -0.1) is 0 Å². The van der Waals surface area contributed by atoms with E-state index in [1.807, 2.05) is 20.8 Å². The van der Waals surface area contributed by atoms with E-state index in [0.717, 1.165) is 16.7 Å². The van der Waals surface area contributed by atoms with Crippen LogP contribution in [-0.2, 0) is 0 Å². The topological polar surface area (TPSA) is 66.2 Å². The number of aliphatic hydroxyl groups excluding tert-OH is 1. The van der Waals surface area contributed by atoms with E-state index in [2.05, 4.69) is 17.1 Å². The van der Waals surface area contributed by atoms with E-state index < -0.39 is 11.9 Å². The van der Waals surface area contributed by atoms with Gasteiger partial charge >= 0.3 is 5.76 Å². The van der Waals surface area contributed by atoms with Crippen molar-refractivity contribution < 1.29 is 9.52 Å². The van der Waals surface area contributed by atoms with E-state index in [9.17, 15) is 9.90 Å². The van der Waals surface area contributed by atoms with E-state index >= 15 is 0 Å². The Bertz CT molecular complexity index is 850. The maximum Gasteiger partial charge on any atom is 0.417 e. The number of benzene rings is 2. The quantitative estimate of drug-likeness (QED) is 0.759. The summed E-state index contributed by atoms with van der Waals surface area (Å²) < 4.78 is 5.05. The first-order chi connectivity index (χ1) is 9.95. The molecule has 1 atom stereocenters. The summed E-state index contributed by atoms with van der Waals surface area (Å²) in [6, 6.07) is 9.37. The second-order valence-corrected chi connectivity index (χ2v) is 5.49. The number of aliphatic hydroxyl groups is 1. The lowest BCUT2D eigenvalue weighted by Gasteiger charge is -2.17. The molecule has 3 aromatic rings. The van der Waals surface area contributed by atoms with Gasteiger partial charge in [0.05, 0.1) is 5.52 Å². The van der Waals surface area contributed by atoms with Crippen molar-refractivity contribution in [2.24, 2.45) is 0 Å². The first kappa shape index (κ1) is 13.6. The Balaban J connectivity index is 2.11. The molecule has 108 valence electrons. The van der Waals surface area contributed by atoms with Crippen molar-refractivity contribution in [1.82, 2.24) is 4.98 Å². The van der Waals surface area contributed by atoms with E-state index in [4.69, 9.17) is 4.42 Å². The second kappa shape index (κ2) is 4.90. The van der Waals surface area contributed by atoms with Gasteiger partial charge in [0.25, 0.3) is 0 Å². The Hall–Kier alpha value is -2.33. The maximum atomic E-state index is 11.2. The Kier molecular flexibility index (Phi) is 3.18. The molecular weight excluding hydrogens is 266 g/mol. The first-order valence-corrected chi connectivity index (χ1v) is 6.84. The molecule has 0 aliphatic heterocycles. The van der Waals surface area contributed by atoms with Gasteiger partial charge in [-0.2, -0.15) is 0 Å². The number of aryl methyl sites for hydroxylation is 3. The van der Waals surface area contributed by atoms with Crippen LogP contribution in [0.25, 0.3) is 11.1 Å². The number of aromatic amines is 1. The van der Waals surface area contributed by atoms with Gasteiger partial charge in [-0.3, -0.25) is 4.98 Å². The van der Waals surface area contributed by atoms with Gasteiger partial charge in [0.1, 0.15) is 6.10 Å². The monoisotopic (exact) mass is 283 g/mol. The van der Waals surface area contributed by atoms with Crippen molar-refractivity contribution in [3.63, 3.8) is 0 Å². The van der Waals surface area contributed by atoms with Crippen molar-refractivity contribution in [3.05, 3.63) is 68.7 Å². The normalized spacial score (nSPS) is 12.8. The number of hydrogen-bond acceptors (Lipinski definition) is 3. The molecule has 0 aliphatic rings. The Morgan fingerprint density at radius 1 is 1.10 bits per heavy atom. The third-order valence-corrected chi connectivity index (χ3v) is 3.77. The summed E-state index contributed by atoms with van der Waals surface area (Å²) in [5.74, 6) is -0.487. The number of H-pyrrole nitrogens is 1. The lowest BCUT2D eigenvalue weighted by molar-refractivity contribution is 0.219. The largest absolute Gasteiger partial charge is 0.417 e. The molecule has 3 rings (SSSR count). The van der Waals surface area contributed by atoms with Crippen molar-refractivity contribution >= 4 is 11.1 Å². The molecule has 0 saturated carbocycles. The number of fused-ring (bicyclic) bond motifs is 1. The molecule has 0 saturated heterocycles. The van der Waals surface area contributed by atoms with Crippen LogP contribution < -0.4 is 5.76 Å². The molecule has 21 heavy (non-hydrogen) atoms. The molecule has 4 nitrogen and oxygen atoms in total. The predicted octanol–water partition coefficient (Wildman–Crippen LogP) is 3.13. The molecule has 0 aliphatic carbocycles. The highest BCUT2D eigenvalue weighted by Crippen LogP contribution is 2.30. The Morgan fingerprint density at radius 2 is 1.76 bits per heavy atom. The number of nitrogens with one attached hydrogen (secondary N) is 1. The molecule has 0 amide bonds. The minimum Gasteiger partial charge on any atom is -0.408 e. The minimum absolute atomic E-state index is 0.457. The molecule has 2 N–H and O–H groups in total. The zero-order valence-corrected chi connectivity index (χ0v) is 12.2. The second-order valence-electron chi connectivity index (χ2n) is 5.49. The van der Waals surface area contributed by atoms with Crippen LogP contribution in [-0.4, -0.2) is 10.1 Å². The zero-order chi connectivity index (χ0) is 15.1. The summed E-state index contributed by atoms with van der Waals surface area (Å²) in [7, 11) is 0. The average Bonchev–Trinajstić information content (AvgIpc) is 2.76. The molecule has 2 aromatic carbocycles. The van der Waals surface area contributed by atoms with Crippen LogP contribution in [0.15, 0.2) is 39.5 Å². The highest BCUT2D eigenvalue weighted by atomic mass is 16.4. The van der Waals surface area contributed by atoms with Crippen molar-refractivity contribution in [1.29, 1.82) is 0 Å². The highest BCUT2D eigenvalue weighted by Gasteiger charge is 2.17. The number of aromatic nitrogens is 1. The molecule has 4 heteroatoms. The lowest BCUT2D eigenvalue weighted by atomic mass is 9.92. The smallest absolute Gasteiger partial charge is 0.408 e. The summed E-state index contributed by atoms with van der Waals surface area (Å²) in [5.41, 5.74) is 5.98. The van der Waals surface area contributed by atoms with Crippen molar-refractivity contribution in [2.75, 3.05) is 0 Å². The molecule has 1 heterocycles.